The summed E-state index contributed by atoms with van der Waals surface area (Å²) < 4.78 is 0. The number of rotatable bonds is 6. The lowest BCUT2D eigenvalue weighted by molar-refractivity contribution is 0.265. The summed E-state index contributed by atoms with van der Waals surface area (Å²) in [6.07, 6.45) is 12.6. The van der Waals surface area contributed by atoms with Gasteiger partial charge in [-0.1, -0.05) is 50.4 Å². The fourth-order valence-electron chi connectivity index (χ4n) is 4.10. The molecule has 2 aliphatic rings. The third-order valence-electron chi connectivity index (χ3n) is 6.13. The molecule has 0 spiro atoms. The van der Waals surface area contributed by atoms with E-state index in [1.807, 2.05) is 38.3 Å². The Balaban J connectivity index is 1.84. The summed E-state index contributed by atoms with van der Waals surface area (Å²) in [5.41, 5.74) is 6.10. The van der Waals surface area contributed by atoms with Crippen molar-refractivity contribution in [3.05, 3.63) is 95.5 Å². The average molecular weight is 449 g/mol. The lowest BCUT2D eigenvalue weighted by Gasteiger charge is -2.40. The number of piperidine rings is 1. The second kappa shape index (κ2) is 10.6. The highest BCUT2D eigenvalue weighted by molar-refractivity contribution is 6.30. The molecule has 32 heavy (non-hydrogen) atoms. The van der Waals surface area contributed by atoms with Gasteiger partial charge >= 0.3 is 0 Å². The fraction of sp³-hybridized carbons (Fsp3) is 0.333. The Kier molecular flexibility index (Phi) is 7.92. The molecule has 2 aliphatic heterocycles. The molecule has 0 radical (unpaired) electrons. The predicted octanol–water partition coefficient (Wildman–Crippen LogP) is 6.54. The first-order valence-electron chi connectivity index (χ1n) is 11.1. The molecular weight excluding hydrogens is 416 g/mol. The van der Waals surface area contributed by atoms with Crippen molar-refractivity contribution < 1.29 is 0 Å². The summed E-state index contributed by atoms with van der Waals surface area (Å²) in [5.74, 6) is 1.25. The summed E-state index contributed by atoms with van der Waals surface area (Å²) in [6.45, 7) is 18.6. The van der Waals surface area contributed by atoms with Gasteiger partial charge in [-0.05, 0) is 61.1 Å². The van der Waals surface area contributed by atoms with E-state index in [2.05, 4.69) is 47.5 Å². The van der Waals surface area contributed by atoms with Crippen LogP contribution in [0.25, 0.3) is 5.70 Å². The Hall–Kier alpha value is -2.85. The number of nitrogens with zero attached hydrogens (tertiary/aromatic N) is 4. The topological polar surface area (TPSA) is 31.7 Å². The van der Waals surface area contributed by atoms with Crippen LogP contribution < -0.4 is 0 Å². The Labute approximate surface area is 197 Å². The molecule has 5 heteroatoms. The molecule has 1 fully saturated rings. The van der Waals surface area contributed by atoms with Crippen LogP contribution in [-0.4, -0.2) is 40.9 Å². The maximum absolute atomic E-state index is 6.35. The average Bonchev–Trinajstić information content (AvgIpc) is 2.83. The number of halogens is 1. The van der Waals surface area contributed by atoms with E-state index < -0.39 is 0 Å². The molecular formula is C27H33ClN4. The summed E-state index contributed by atoms with van der Waals surface area (Å²) in [6, 6.07) is 3.95. The van der Waals surface area contributed by atoms with E-state index in [-0.39, 0.29) is 0 Å². The third kappa shape index (κ3) is 5.31. The van der Waals surface area contributed by atoms with Gasteiger partial charge < -0.3 is 9.80 Å². The number of hydrogen-bond donors (Lipinski definition) is 0. The minimum absolute atomic E-state index is 0.320. The summed E-state index contributed by atoms with van der Waals surface area (Å²) in [4.78, 5) is 13.5. The van der Waals surface area contributed by atoms with Crippen molar-refractivity contribution in [3.63, 3.8) is 0 Å². The smallest absolute Gasteiger partial charge is 0.206 e. The molecule has 1 aromatic heterocycles. The predicted molar refractivity (Wildman–Crippen MR) is 137 cm³/mol. The number of aliphatic imine (C=N–C) groups is 1. The molecule has 168 valence electrons. The summed E-state index contributed by atoms with van der Waals surface area (Å²) in [5, 5.41) is 0.870. The number of hydrogen-bond acceptors (Lipinski definition) is 4. The number of likely N-dealkylation sites (tertiary alicyclic amines) is 1. The van der Waals surface area contributed by atoms with Crippen molar-refractivity contribution >= 4 is 23.3 Å². The van der Waals surface area contributed by atoms with Gasteiger partial charge in [-0.25, -0.2) is 4.99 Å². The highest BCUT2D eigenvalue weighted by Crippen LogP contribution is 2.32. The van der Waals surface area contributed by atoms with Gasteiger partial charge in [0, 0.05) is 54.7 Å². The van der Waals surface area contributed by atoms with Crippen LogP contribution in [0.15, 0.2) is 94.9 Å². The minimum atomic E-state index is 0.320. The third-order valence-corrected chi connectivity index (χ3v) is 6.69. The first kappa shape index (κ1) is 23.8. The van der Waals surface area contributed by atoms with Crippen molar-refractivity contribution in [2.45, 2.75) is 33.1 Å². The summed E-state index contributed by atoms with van der Waals surface area (Å²) >= 11 is 6.35. The Morgan fingerprint density at radius 2 is 2.03 bits per heavy atom. The zero-order chi connectivity index (χ0) is 23.3. The maximum Gasteiger partial charge on any atom is 0.206 e. The van der Waals surface area contributed by atoms with Crippen molar-refractivity contribution in [1.29, 1.82) is 0 Å². The molecule has 1 saturated heterocycles. The molecule has 1 atom stereocenters. The number of guanidine groups is 1. The largest absolute Gasteiger partial charge is 0.342 e. The second-order valence-corrected chi connectivity index (χ2v) is 8.74. The first-order chi connectivity index (χ1) is 15.3. The second-order valence-electron chi connectivity index (χ2n) is 8.28. The van der Waals surface area contributed by atoms with Crippen molar-refractivity contribution in [3.8, 4) is 0 Å². The minimum Gasteiger partial charge on any atom is -0.342 e. The monoisotopic (exact) mass is 448 g/mol. The normalized spacial score (nSPS) is 20.4. The molecule has 4 nitrogen and oxygen atoms in total. The van der Waals surface area contributed by atoms with Crippen LogP contribution in [-0.2, 0) is 0 Å². The van der Waals surface area contributed by atoms with Gasteiger partial charge in [0.25, 0.3) is 0 Å². The van der Waals surface area contributed by atoms with Crippen molar-refractivity contribution in [2.75, 3.05) is 20.1 Å². The van der Waals surface area contributed by atoms with Crippen LogP contribution in [0.2, 0.25) is 0 Å². The number of pyridine rings is 1. The van der Waals surface area contributed by atoms with E-state index in [0.717, 1.165) is 77.0 Å². The van der Waals surface area contributed by atoms with Crippen LogP contribution >= 0.6 is 11.6 Å². The lowest BCUT2D eigenvalue weighted by Crippen LogP contribution is -2.47. The molecule has 0 saturated carbocycles. The van der Waals surface area contributed by atoms with Crippen LogP contribution in [0.1, 0.15) is 38.7 Å². The van der Waals surface area contributed by atoms with Crippen LogP contribution in [0.5, 0.6) is 0 Å². The maximum atomic E-state index is 6.35. The van der Waals surface area contributed by atoms with Gasteiger partial charge in [-0.2, -0.15) is 0 Å². The molecule has 0 bridgehead atoms. The zero-order valence-electron chi connectivity index (χ0n) is 19.4. The number of allylic oxidation sites excluding steroid dienone is 6. The molecule has 0 aliphatic carbocycles. The van der Waals surface area contributed by atoms with E-state index in [4.69, 9.17) is 16.6 Å². The number of aromatic nitrogens is 1. The Morgan fingerprint density at radius 3 is 2.69 bits per heavy atom. The lowest BCUT2D eigenvalue weighted by atomic mass is 9.86. The van der Waals surface area contributed by atoms with Crippen LogP contribution in [0, 0.1) is 5.92 Å². The van der Waals surface area contributed by atoms with E-state index in [1.165, 1.54) is 0 Å². The van der Waals surface area contributed by atoms with E-state index in [9.17, 15) is 0 Å². The first-order valence-corrected chi connectivity index (χ1v) is 11.5. The molecule has 0 N–H and O–H groups in total. The van der Waals surface area contributed by atoms with Gasteiger partial charge in [0.05, 0.1) is 5.70 Å². The Bertz CT molecular complexity index is 1010. The van der Waals surface area contributed by atoms with E-state index in [1.54, 1.807) is 12.4 Å². The fourth-order valence-corrected chi connectivity index (χ4v) is 4.16. The highest BCUT2D eigenvalue weighted by Gasteiger charge is 2.29. The van der Waals surface area contributed by atoms with Gasteiger partial charge in [0.2, 0.25) is 5.96 Å². The van der Waals surface area contributed by atoms with Crippen molar-refractivity contribution in [2.24, 2.45) is 10.9 Å². The van der Waals surface area contributed by atoms with Gasteiger partial charge in [-0.3, -0.25) is 4.98 Å². The quantitative estimate of drug-likeness (QED) is 0.463. The van der Waals surface area contributed by atoms with Crippen LogP contribution in [0.3, 0.4) is 0 Å². The van der Waals surface area contributed by atoms with E-state index in [0.29, 0.717) is 5.92 Å². The molecule has 3 heterocycles. The SMILES string of the molecule is C=C/C(=C\C(C)=C(\Cl)CC)C(=C)C1CCCN(C2=NC(c3ccncc3)=CC(=C)N2C)C1. The van der Waals surface area contributed by atoms with Gasteiger partial charge in [0.1, 0.15) is 0 Å². The van der Waals surface area contributed by atoms with Crippen molar-refractivity contribution in [1.82, 2.24) is 14.8 Å². The highest BCUT2D eigenvalue weighted by atomic mass is 35.5. The Morgan fingerprint density at radius 1 is 1.31 bits per heavy atom. The molecule has 0 aromatic carbocycles. The van der Waals surface area contributed by atoms with Crippen LogP contribution in [0.4, 0.5) is 0 Å². The molecule has 1 unspecified atom stereocenters. The molecule has 3 rings (SSSR count). The standard InChI is InChI=1S/C27H33ClN4/c1-7-22(16-19(3)25(28)8-2)21(5)24-10-9-15-32(18-24)27-30-26(17-20(4)31(27)6)23-11-13-29-14-12-23/h7,11-14,16-17,24H,1,4-5,8-10,15,18H2,2-3,6H3/b22-16+,25-19+. The molecule has 1 aromatic rings. The number of likely N-dealkylation sites (N-methyl/N-ethyl adjacent to an activating group) is 1. The molecule has 0 amide bonds. The van der Waals surface area contributed by atoms with Gasteiger partial charge in [0.15, 0.2) is 0 Å². The van der Waals surface area contributed by atoms with E-state index >= 15 is 0 Å². The summed E-state index contributed by atoms with van der Waals surface area (Å²) in [7, 11) is 2.02. The zero-order valence-corrected chi connectivity index (χ0v) is 20.2. The van der Waals surface area contributed by atoms with Gasteiger partial charge in [-0.15, -0.1) is 0 Å².